The first-order chi connectivity index (χ1) is 12.8. The number of carboxylic acid groups (broad SMARTS) is 1. The highest BCUT2D eigenvalue weighted by atomic mass is 32.1. The van der Waals surface area contributed by atoms with Crippen LogP contribution in [0.5, 0.6) is 5.88 Å². The van der Waals surface area contributed by atoms with Gasteiger partial charge in [0.15, 0.2) is 0 Å². The van der Waals surface area contributed by atoms with E-state index >= 15 is 0 Å². The third kappa shape index (κ3) is 6.43. The first-order valence-corrected chi connectivity index (χ1v) is 9.05. The molecule has 0 spiro atoms. The number of ether oxygens (including phenoxy) is 1. The fourth-order valence-electron chi connectivity index (χ4n) is 2.48. The lowest BCUT2D eigenvalue weighted by Gasteiger charge is -2.17. The molecule has 0 bridgehead atoms. The van der Waals surface area contributed by atoms with E-state index in [2.05, 4.69) is 19.9 Å². The molecule has 1 aliphatic rings. The Bertz CT molecular complexity index is 741. The molecule has 27 heavy (non-hydrogen) atoms. The van der Waals surface area contributed by atoms with Crippen molar-refractivity contribution in [1.29, 1.82) is 0 Å². The predicted octanol–water partition coefficient (Wildman–Crippen LogP) is 2.57. The number of rotatable bonds is 4. The Morgan fingerprint density at radius 3 is 2.59 bits per heavy atom. The topological polar surface area (TPSA) is 88.4 Å². The molecule has 11 heteroatoms. The molecule has 0 atom stereocenters. The van der Waals surface area contributed by atoms with Gasteiger partial charge in [-0.25, -0.2) is 19.7 Å². The molecular formula is C16H19F3N4O3S. The molecule has 0 saturated carbocycles. The average Bonchev–Trinajstić information content (AvgIpc) is 3.02. The normalized spacial score (nSPS) is 14.5. The van der Waals surface area contributed by atoms with Crippen LogP contribution in [0, 0.1) is 0 Å². The van der Waals surface area contributed by atoms with Crippen molar-refractivity contribution in [3.05, 3.63) is 34.2 Å². The van der Waals surface area contributed by atoms with Gasteiger partial charge in [-0.05, 0) is 13.3 Å². The number of hydrogen-bond donors (Lipinski definition) is 1. The van der Waals surface area contributed by atoms with Gasteiger partial charge in [0.2, 0.25) is 5.88 Å². The Kier molecular flexibility index (Phi) is 7.48. The lowest BCUT2D eigenvalue weighted by molar-refractivity contribution is -0.192. The van der Waals surface area contributed by atoms with Crippen LogP contribution in [0.15, 0.2) is 17.9 Å². The van der Waals surface area contributed by atoms with Crippen LogP contribution >= 0.6 is 11.3 Å². The van der Waals surface area contributed by atoms with Crippen molar-refractivity contribution < 1.29 is 27.8 Å². The summed E-state index contributed by atoms with van der Waals surface area (Å²) in [7, 11) is 0. The van der Waals surface area contributed by atoms with E-state index in [0.717, 1.165) is 44.0 Å². The van der Waals surface area contributed by atoms with Gasteiger partial charge in [-0.1, -0.05) is 0 Å². The van der Waals surface area contributed by atoms with Crippen LogP contribution in [-0.4, -0.2) is 56.8 Å². The van der Waals surface area contributed by atoms with Crippen molar-refractivity contribution >= 4 is 17.3 Å². The Morgan fingerprint density at radius 2 is 2.00 bits per heavy atom. The minimum atomic E-state index is -5.08. The number of aliphatic carboxylic acids is 1. The molecule has 2 aromatic rings. The molecule has 1 N–H and O–H groups in total. The van der Waals surface area contributed by atoms with Crippen LogP contribution < -0.4 is 4.74 Å². The molecule has 0 amide bonds. The van der Waals surface area contributed by atoms with E-state index in [-0.39, 0.29) is 0 Å². The van der Waals surface area contributed by atoms with Crippen LogP contribution in [0.2, 0.25) is 0 Å². The van der Waals surface area contributed by atoms with E-state index in [1.807, 2.05) is 18.5 Å². The minimum absolute atomic E-state index is 0.645. The number of nitrogens with zero attached hydrogens (tertiary/aromatic N) is 4. The van der Waals surface area contributed by atoms with Gasteiger partial charge in [-0.3, -0.25) is 4.90 Å². The van der Waals surface area contributed by atoms with E-state index in [4.69, 9.17) is 14.6 Å². The third-order valence-corrected chi connectivity index (χ3v) is 4.47. The van der Waals surface area contributed by atoms with Gasteiger partial charge >= 0.3 is 12.1 Å². The summed E-state index contributed by atoms with van der Waals surface area (Å²) in [5, 5.41) is 10.3. The summed E-state index contributed by atoms with van der Waals surface area (Å²) in [6, 6.07) is 0. The number of alkyl halides is 3. The SMILES string of the molecule is CCOc1ncnc2c1CCN(Cc1nccs1)CC2.O=C(O)C(F)(F)F. The molecule has 0 radical (unpaired) electrons. The van der Waals surface area contributed by atoms with Crippen molar-refractivity contribution in [2.45, 2.75) is 32.5 Å². The van der Waals surface area contributed by atoms with E-state index in [1.165, 1.54) is 10.6 Å². The number of aromatic nitrogens is 3. The first kappa shape index (κ1) is 21.0. The molecule has 1 aliphatic heterocycles. The number of fused-ring (bicyclic) bond motifs is 1. The standard InChI is InChI=1S/C14H18N4OS.C2HF3O2/c1-2-19-14-11-3-6-18(9-13-15-5-8-20-13)7-4-12(11)16-10-17-14;3-2(4,5)1(6)7/h5,8,10H,2-4,6-7,9H2,1H3;(H,6,7). The summed E-state index contributed by atoms with van der Waals surface area (Å²) in [6.07, 6.45) is 0.283. The summed E-state index contributed by atoms with van der Waals surface area (Å²) >= 11 is 1.71. The number of thiazole rings is 1. The molecule has 2 aromatic heterocycles. The maximum Gasteiger partial charge on any atom is 0.490 e. The van der Waals surface area contributed by atoms with Crippen LogP contribution in [0.3, 0.4) is 0 Å². The van der Waals surface area contributed by atoms with Crippen molar-refractivity contribution in [3.63, 3.8) is 0 Å². The molecule has 3 rings (SSSR count). The molecule has 0 fully saturated rings. The predicted molar refractivity (Wildman–Crippen MR) is 91.7 cm³/mol. The molecule has 0 aromatic carbocycles. The van der Waals surface area contributed by atoms with E-state index in [1.54, 1.807) is 17.7 Å². The van der Waals surface area contributed by atoms with Crippen molar-refractivity contribution in [1.82, 2.24) is 19.9 Å². The van der Waals surface area contributed by atoms with Gasteiger partial charge < -0.3 is 9.84 Å². The fourth-order valence-corrected chi connectivity index (χ4v) is 3.14. The summed E-state index contributed by atoms with van der Waals surface area (Å²) in [5.41, 5.74) is 2.31. The van der Waals surface area contributed by atoms with Crippen molar-refractivity contribution in [3.8, 4) is 5.88 Å². The minimum Gasteiger partial charge on any atom is -0.478 e. The summed E-state index contributed by atoms with van der Waals surface area (Å²) in [6.45, 7) is 5.56. The van der Waals surface area contributed by atoms with Crippen LogP contribution in [0.1, 0.15) is 23.2 Å². The molecular weight excluding hydrogens is 385 g/mol. The average molecular weight is 404 g/mol. The maximum absolute atomic E-state index is 10.6. The number of hydrogen-bond acceptors (Lipinski definition) is 7. The molecule has 0 aliphatic carbocycles. The number of carbonyl (C=O) groups is 1. The maximum atomic E-state index is 10.6. The monoisotopic (exact) mass is 404 g/mol. The van der Waals surface area contributed by atoms with Gasteiger partial charge in [-0.2, -0.15) is 13.2 Å². The van der Waals surface area contributed by atoms with Crippen LogP contribution in [0.25, 0.3) is 0 Å². The largest absolute Gasteiger partial charge is 0.490 e. The molecule has 7 nitrogen and oxygen atoms in total. The Hall–Kier alpha value is -2.27. The van der Waals surface area contributed by atoms with E-state index in [9.17, 15) is 13.2 Å². The lowest BCUT2D eigenvalue weighted by atomic mass is 10.1. The summed E-state index contributed by atoms with van der Waals surface area (Å²) in [4.78, 5) is 24.4. The Labute approximate surface area is 157 Å². The van der Waals surface area contributed by atoms with Crippen LogP contribution in [-0.2, 0) is 24.2 Å². The van der Waals surface area contributed by atoms with Gasteiger partial charge in [0.1, 0.15) is 11.3 Å². The van der Waals surface area contributed by atoms with Gasteiger partial charge in [-0.15, -0.1) is 11.3 Å². The smallest absolute Gasteiger partial charge is 0.478 e. The fraction of sp³-hybridized carbons (Fsp3) is 0.500. The molecule has 0 saturated heterocycles. The zero-order chi connectivity index (χ0) is 19.9. The zero-order valence-corrected chi connectivity index (χ0v) is 15.4. The lowest BCUT2D eigenvalue weighted by Crippen LogP contribution is -2.25. The highest BCUT2D eigenvalue weighted by molar-refractivity contribution is 7.09. The summed E-state index contributed by atoms with van der Waals surface area (Å²) in [5.74, 6) is -2.00. The van der Waals surface area contributed by atoms with Crippen LogP contribution in [0.4, 0.5) is 13.2 Å². The second-order valence-corrected chi connectivity index (χ2v) is 6.52. The Morgan fingerprint density at radius 1 is 1.30 bits per heavy atom. The number of carboxylic acids is 1. The summed E-state index contributed by atoms with van der Waals surface area (Å²) < 4.78 is 37.4. The Balaban J connectivity index is 0.000000321. The van der Waals surface area contributed by atoms with E-state index in [0.29, 0.717) is 6.61 Å². The zero-order valence-electron chi connectivity index (χ0n) is 14.6. The second kappa shape index (κ2) is 9.60. The van der Waals surface area contributed by atoms with Gasteiger partial charge in [0.25, 0.3) is 0 Å². The third-order valence-electron chi connectivity index (χ3n) is 3.70. The molecule has 0 unspecified atom stereocenters. The second-order valence-electron chi connectivity index (χ2n) is 5.54. The molecule has 3 heterocycles. The van der Waals surface area contributed by atoms with Gasteiger partial charge in [0.05, 0.1) is 18.8 Å². The van der Waals surface area contributed by atoms with Crippen molar-refractivity contribution in [2.24, 2.45) is 0 Å². The first-order valence-electron chi connectivity index (χ1n) is 8.17. The molecule has 148 valence electrons. The van der Waals surface area contributed by atoms with Crippen molar-refractivity contribution in [2.75, 3.05) is 19.7 Å². The highest BCUT2D eigenvalue weighted by Gasteiger charge is 2.38. The quantitative estimate of drug-likeness (QED) is 0.838. The number of halogens is 3. The highest BCUT2D eigenvalue weighted by Crippen LogP contribution is 2.23. The van der Waals surface area contributed by atoms with E-state index < -0.39 is 12.1 Å². The van der Waals surface area contributed by atoms with Gasteiger partial charge in [0, 0.05) is 36.7 Å².